The van der Waals surface area contributed by atoms with Gasteiger partial charge in [0.05, 0.1) is 19.4 Å². The molecule has 1 aromatic heterocycles. The topological polar surface area (TPSA) is 76.5 Å². The lowest BCUT2D eigenvalue weighted by molar-refractivity contribution is 0.0172. The molecule has 9 heteroatoms. The number of ether oxygens (including phenoxy) is 1. The van der Waals surface area contributed by atoms with Gasteiger partial charge >= 0.3 is 0 Å². The standard InChI is InChI=1S/C16H21ClN4O3S/c1-20-12-13(10-18-20)25(22,23)19-11-16(21-6-8-24-9-7-21)14-4-2-3-5-15(14)17/h2-5,10,12,16,19H,6-9,11H2,1H3/t16-/m1/s1. The zero-order valence-electron chi connectivity index (χ0n) is 13.9. The second-order valence-corrected chi connectivity index (χ2v) is 8.06. The van der Waals surface area contributed by atoms with E-state index >= 15 is 0 Å². The van der Waals surface area contributed by atoms with Crippen LogP contribution in [0.4, 0.5) is 0 Å². The van der Waals surface area contributed by atoms with Crippen molar-refractivity contribution in [3.63, 3.8) is 0 Å². The molecular weight excluding hydrogens is 364 g/mol. The summed E-state index contributed by atoms with van der Waals surface area (Å²) >= 11 is 6.36. The van der Waals surface area contributed by atoms with Crippen molar-refractivity contribution < 1.29 is 13.2 Å². The van der Waals surface area contributed by atoms with E-state index < -0.39 is 10.0 Å². The summed E-state index contributed by atoms with van der Waals surface area (Å²) in [4.78, 5) is 2.34. The monoisotopic (exact) mass is 384 g/mol. The number of rotatable bonds is 6. The summed E-state index contributed by atoms with van der Waals surface area (Å²) < 4.78 is 34.6. The highest BCUT2D eigenvalue weighted by molar-refractivity contribution is 7.89. The van der Waals surface area contributed by atoms with E-state index in [1.54, 1.807) is 7.05 Å². The summed E-state index contributed by atoms with van der Waals surface area (Å²) in [7, 11) is -1.95. The molecule has 2 heterocycles. The normalized spacial score (nSPS) is 17.5. The van der Waals surface area contributed by atoms with Crippen molar-refractivity contribution >= 4 is 21.6 Å². The van der Waals surface area contributed by atoms with Crippen LogP contribution in [0.25, 0.3) is 0 Å². The van der Waals surface area contributed by atoms with Crippen molar-refractivity contribution in [2.24, 2.45) is 7.05 Å². The molecule has 1 N–H and O–H groups in total. The molecule has 1 aromatic carbocycles. The second kappa shape index (κ2) is 7.84. The molecule has 1 saturated heterocycles. The molecule has 3 rings (SSSR count). The largest absolute Gasteiger partial charge is 0.379 e. The Bertz CT molecular complexity index is 818. The molecule has 1 fully saturated rings. The summed E-state index contributed by atoms with van der Waals surface area (Å²) in [5, 5.41) is 4.55. The molecule has 1 aliphatic rings. The number of nitrogens with one attached hydrogen (secondary N) is 1. The van der Waals surface area contributed by atoms with Crippen LogP contribution in [0.5, 0.6) is 0 Å². The molecule has 25 heavy (non-hydrogen) atoms. The van der Waals surface area contributed by atoms with Crippen molar-refractivity contribution in [1.82, 2.24) is 19.4 Å². The maximum absolute atomic E-state index is 12.5. The van der Waals surface area contributed by atoms with Gasteiger partial charge in [-0.15, -0.1) is 0 Å². The maximum Gasteiger partial charge on any atom is 0.243 e. The summed E-state index contributed by atoms with van der Waals surface area (Å²) in [6.07, 6.45) is 2.81. The van der Waals surface area contributed by atoms with E-state index in [4.69, 9.17) is 16.3 Å². The van der Waals surface area contributed by atoms with E-state index in [1.807, 2.05) is 24.3 Å². The Morgan fingerprint density at radius 2 is 2.04 bits per heavy atom. The molecular formula is C16H21ClN4O3S. The Kier molecular flexibility index (Phi) is 5.75. The summed E-state index contributed by atoms with van der Waals surface area (Å²) in [6, 6.07) is 7.36. The molecule has 0 unspecified atom stereocenters. The number of hydrogen-bond acceptors (Lipinski definition) is 5. The van der Waals surface area contributed by atoms with Crippen molar-refractivity contribution in [2.75, 3.05) is 32.8 Å². The van der Waals surface area contributed by atoms with E-state index in [0.717, 1.165) is 18.7 Å². The number of sulfonamides is 1. The molecule has 1 atom stereocenters. The highest BCUT2D eigenvalue weighted by Crippen LogP contribution is 2.28. The smallest absolute Gasteiger partial charge is 0.243 e. The first-order chi connectivity index (χ1) is 12.0. The lowest BCUT2D eigenvalue weighted by Gasteiger charge is -2.35. The molecule has 0 aliphatic carbocycles. The molecule has 7 nitrogen and oxygen atoms in total. The highest BCUT2D eigenvalue weighted by atomic mass is 35.5. The van der Waals surface area contributed by atoms with Crippen molar-refractivity contribution in [1.29, 1.82) is 0 Å². The van der Waals surface area contributed by atoms with Crippen LogP contribution in [0, 0.1) is 0 Å². The third-order valence-corrected chi connectivity index (χ3v) is 5.93. The fourth-order valence-corrected chi connectivity index (χ4v) is 4.16. The van der Waals surface area contributed by atoms with E-state index in [1.165, 1.54) is 17.1 Å². The van der Waals surface area contributed by atoms with Gasteiger partial charge in [-0.3, -0.25) is 9.58 Å². The highest BCUT2D eigenvalue weighted by Gasteiger charge is 2.26. The molecule has 0 amide bonds. The molecule has 0 saturated carbocycles. The Hall–Kier alpha value is -1.45. The quantitative estimate of drug-likeness (QED) is 0.815. The minimum Gasteiger partial charge on any atom is -0.379 e. The van der Waals surface area contributed by atoms with Crippen LogP contribution in [0.15, 0.2) is 41.6 Å². The van der Waals surface area contributed by atoms with Gasteiger partial charge in [0, 0.05) is 43.9 Å². The number of morpholine rings is 1. The van der Waals surface area contributed by atoms with Gasteiger partial charge in [-0.2, -0.15) is 5.10 Å². The predicted molar refractivity (Wildman–Crippen MR) is 95.0 cm³/mol. The van der Waals surface area contributed by atoms with E-state index in [0.29, 0.717) is 18.2 Å². The molecule has 0 radical (unpaired) electrons. The van der Waals surface area contributed by atoms with Gasteiger partial charge in [-0.1, -0.05) is 29.8 Å². The second-order valence-electron chi connectivity index (χ2n) is 5.89. The van der Waals surface area contributed by atoms with Crippen LogP contribution >= 0.6 is 11.6 Å². The first kappa shape index (κ1) is 18.3. The third-order valence-electron chi connectivity index (χ3n) is 4.21. The number of hydrogen-bond donors (Lipinski definition) is 1. The minimum atomic E-state index is -3.63. The number of aromatic nitrogens is 2. The van der Waals surface area contributed by atoms with Crippen molar-refractivity contribution in [3.8, 4) is 0 Å². The zero-order valence-corrected chi connectivity index (χ0v) is 15.5. The van der Waals surface area contributed by atoms with Crippen molar-refractivity contribution in [3.05, 3.63) is 47.2 Å². The van der Waals surface area contributed by atoms with E-state index in [9.17, 15) is 8.42 Å². The van der Waals surface area contributed by atoms with Crippen molar-refractivity contribution in [2.45, 2.75) is 10.9 Å². The van der Waals surface area contributed by atoms with Crippen LogP contribution in [0.1, 0.15) is 11.6 Å². The van der Waals surface area contributed by atoms with Crippen LogP contribution in [-0.2, 0) is 21.8 Å². The lowest BCUT2D eigenvalue weighted by Crippen LogP contribution is -2.43. The van der Waals surface area contributed by atoms with Gasteiger partial charge < -0.3 is 4.74 Å². The SMILES string of the molecule is Cn1cc(S(=O)(=O)NC[C@H](c2ccccc2Cl)N2CCOCC2)cn1. The number of halogens is 1. The fourth-order valence-electron chi connectivity index (χ4n) is 2.88. The molecule has 0 bridgehead atoms. The number of nitrogens with zero attached hydrogens (tertiary/aromatic N) is 3. The maximum atomic E-state index is 12.5. The average molecular weight is 385 g/mol. The molecule has 1 aliphatic heterocycles. The Labute approximate surface area is 152 Å². The molecule has 2 aromatic rings. The van der Waals surface area contributed by atoms with Gasteiger partial charge in [0.2, 0.25) is 10.0 Å². The Morgan fingerprint density at radius 3 is 2.68 bits per heavy atom. The van der Waals surface area contributed by atoms with Gasteiger partial charge in [0.1, 0.15) is 4.90 Å². The molecule has 0 spiro atoms. The zero-order chi connectivity index (χ0) is 17.9. The summed E-state index contributed by atoms with van der Waals surface area (Å²) in [5.41, 5.74) is 0.903. The van der Waals surface area contributed by atoms with Crippen LogP contribution in [-0.4, -0.2) is 55.9 Å². The summed E-state index contributed by atoms with van der Waals surface area (Å²) in [6.45, 7) is 2.92. The number of aryl methyl sites for hydroxylation is 1. The van der Waals surface area contributed by atoms with Gasteiger partial charge in [-0.25, -0.2) is 13.1 Å². The Morgan fingerprint density at radius 1 is 1.32 bits per heavy atom. The predicted octanol–water partition coefficient (Wildman–Crippen LogP) is 1.43. The third kappa shape index (κ3) is 4.39. The van der Waals surface area contributed by atoms with Gasteiger partial charge in [0.25, 0.3) is 0 Å². The fraction of sp³-hybridized carbons (Fsp3) is 0.438. The van der Waals surface area contributed by atoms with Crippen LogP contribution in [0.2, 0.25) is 5.02 Å². The average Bonchev–Trinajstić information content (AvgIpc) is 3.05. The van der Waals surface area contributed by atoms with E-state index in [-0.39, 0.29) is 17.5 Å². The van der Waals surface area contributed by atoms with Crippen LogP contribution < -0.4 is 4.72 Å². The lowest BCUT2D eigenvalue weighted by atomic mass is 10.0. The number of benzene rings is 1. The first-order valence-electron chi connectivity index (χ1n) is 8.02. The minimum absolute atomic E-state index is 0.148. The summed E-state index contributed by atoms with van der Waals surface area (Å²) in [5.74, 6) is 0. The molecule has 136 valence electrons. The first-order valence-corrected chi connectivity index (χ1v) is 9.88. The van der Waals surface area contributed by atoms with E-state index in [2.05, 4.69) is 14.7 Å². The van der Waals surface area contributed by atoms with Gasteiger partial charge in [0.15, 0.2) is 0 Å². The van der Waals surface area contributed by atoms with Crippen LogP contribution in [0.3, 0.4) is 0 Å². The van der Waals surface area contributed by atoms with Gasteiger partial charge in [-0.05, 0) is 11.6 Å². The Balaban J connectivity index is 1.81.